The Kier molecular flexibility index (Phi) is 10.9. The molecule has 1 unspecified atom stereocenters. The Hall–Kier alpha value is -2.91. The van der Waals surface area contributed by atoms with Gasteiger partial charge in [-0.05, 0) is 39.0 Å². The summed E-state index contributed by atoms with van der Waals surface area (Å²) in [4.78, 5) is 35.7. The SMILES string of the molecule is CCN(C(=O)c1cc(F)ccc1Oc1cncnc1N1CC2(CC(Oc3ccnc4c3C(CCCN(C)C)N([CH2][Pb])CC4)C2)C1)C(C)C. The van der Waals surface area contributed by atoms with Crippen molar-refractivity contribution in [1.29, 1.82) is 0 Å². The summed E-state index contributed by atoms with van der Waals surface area (Å²) in [5.41, 5.74) is 2.86. The number of nitrogens with zero attached hydrogens (tertiary/aromatic N) is 7. The molecule has 3 aliphatic rings. The maximum atomic E-state index is 14.3. The number of anilines is 1. The maximum absolute atomic E-state index is 14.3. The second-order valence-electron chi connectivity index (χ2n) is 14.0. The predicted octanol–water partition coefficient (Wildman–Crippen LogP) is 5.09. The molecule has 48 heavy (non-hydrogen) atoms. The van der Waals surface area contributed by atoms with E-state index in [2.05, 4.69) is 44.8 Å². The number of halogens is 1. The Bertz CT molecular complexity index is 1590. The molecule has 6 rings (SSSR count). The first-order valence-corrected chi connectivity index (χ1v) is 19.9. The minimum absolute atomic E-state index is 0.0344. The number of ether oxygens (including phenoxy) is 2. The van der Waals surface area contributed by atoms with E-state index in [1.807, 2.05) is 27.0 Å². The van der Waals surface area contributed by atoms with Gasteiger partial charge in [-0.15, -0.1) is 0 Å². The second kappa shape index (κ2) is 14.9. The third-order valence-corrected chi connectivity index (χ3v) is 11.6. The fourth-order valence-electron chi connectivity index (χ4n) is 7.60. The van der Waals surface area contributed by atoms with Crippen molar-refractivity contribution in [3.05, 3.63) is 65.6 Å². The van der Waals surface area contributed by atoms with Gasteiger partial charge in [-0.2, -0.15) is 0 Å². The summed E-state index contributed by atoms with van der Waals surface area (Å²) in [5, 5.41) is 0. The molecule has 255 valence electrons. The summed E-state index contributed by atoms with van der Waals surface area (Å²) in [6.45, 7) is 10.1. The first-order chi connectivity index (χ1) is 23.1. The zero-order chi connectivity index (χ0) is 34.0. The summed E-state index contributed by atoms with van der Waals surface area (Å²) in [6, 6.07) is 6.46. The van der Waals surface area contributed by atoms with Crippen molar-refractivity contribution in [2.45, 2.75) is 71.1 Å². The zero-order valence-corrected chi connectivity index (χ0v) is 32.7. The molecule has 2 fully saturated rings. The molecule has 2 aromatic heterocycles. The van der Waals surface area contributed by atoms with Gasteiger partial charge >= 0.3 is 179 Å². The van der Waals surface area contributed by atoms with Crippen LogP contribution in [0.4, 0.5) is 10.2 Å². The van der Waals surface area contributed by atoms with Crippen LogP contribution in [0.15, 0.2) is 43.0 Å². The van der Waals surface area contributed by atoms with E-state index >= 15 is 0 Å². The zero-order valence-electron chi connectivity index (χ0n) is 28.8. The fraction of sp³-hybridized carbons (Fsp3) is 0.556. The summed E-state index contributed by atoms with van der Waals surface area (Å²) in [7, 11) is 4.28. The van der Waals surface area contributed by atoms with Gasteiger partial charge in [0, 0.05) is 12.6 Å². The van der Waals surface area contributed by atoms with Gasteiger partial charge in [-0.25, -0.2) is 14.4 Å². The van der Waals surface area contributed by atoms with Crippen molar-refractivity contribution in [2.75, 3.05) is 55.8 Å². The quantitative estimate of drug-likeness (QED) is 0.219. The molecule has 1 aliphatic carbocycles. The van der Waals surface area contributed by atoms with E-state index in [4.69, 9.17) is 14.5 Å². The summed E-state index contributed by atoms with van der Waals surface area (Å²) in [6.07, 6.45) is 10.4. The average molecular weight is 852 g/mol. The normalized spacial score (nSPS) is 18.9. The summed E-state index contributed by atoms with van der Waals surface area (Å²) >= 11 is 1.15. The Balaban J connectivity index is 1.12. The van der Waals surface area contributed by atoms with Crippen LogP contribution >= 0.6 is 0 Å². The number of hydrogen-bond acceptors (Lipinski definition) is 9. The van der Waals surface area contributed by atoms with Crippen LogP contribution in [0.3, 0.4) is 0 Å². The molecular formula is C36H47FN7O3Pb. The van der Waals surface area contributed by atoms with E-state index in [0.29, 0.717) is 24.2 Å². The van der Waals surface area contributed by atoms with Crippen LogP contribution in [0.5, 0.6) is 17.2 Å². The van der Waals surface area contributed by atoms with E-state index in [1.54, 1.807) is 11.1 Å². The standard InChI is InChI=1S/C36H47FN7O3.Pb/c1-7-44(24(2)3)35(45)27-17-25(37)10-11-30(27)47-32-20-38-23-40-34(32)43-21-36(22-43)18-26(19-36)46-31-12-14-39-28-13-16-42(6)29(33(28)31)9-8-15-41(4)5;/h10-12,14,17,20,23-24,26,29H,6-9,13,15-16,18-19,21-22H2,1-5H3;. The third-order valence-electron chi connectivity index (χ3n) is 9.97. The van der Waals surface area contributed by atoms with Crippen molar-refractivity contribution < 1.29 is 18.7 Å². The maximum Gasteiger partial charge on any atom is 0.0263 e. The van der Waals surface area contributed by atoms with Crippen LogP contribution in [0, 0.1) is 11.2 Å². The molecule has 1 aromatic carbocycles. The molecule has 1 amide bonds. The van der Waals surface area contributed by atoms with Crippen LogP contribution in [-0.2, 0) is 6.42 Å². The van der Waals surface area contributed by atoms with E-state index in [-0.39, 0.29) is 34.8 Å². The molecule has 1 saturated heterocycles. The summed E-state index contributed by atoms with van der Waals surface area (Å²) < 4.78 is 28.5. The number of carbonyl (C=O) groups is 1. The number of rotatable bonds is 13. The number of benzene rings is 1. The van der Waals surface area contributed by atoms with Crippen molar-refractivity contribution in [3.63, 3.8) is 0 Å². The first kappa shape index (κ1) is 34.9. The fourth-order valence-corrected chi connectivity index (χ4v) is 9.07. The molecule has 1 spiro atoms. The topological polar surface area (TPSA) is 87.2 Å². The predicted molar refractivity (Wildman–Crippen MR) is 184 cm³/mol. The van der Waals surface area contributed by atoms with Gasteiger partial charge in [-0.1, -0.05) is 0 Å². The van der Waals surface area contributed by atoms with Gasteiger partial charge in [0.05, 0.1) is 11.8 Å². The van der Waals surface area contributed by atoms with Crippen LogP contribution in [0.2, 0.25) is 0 Å². The van der Waals surface area contributed by atoms with Gasteiger partial charge in [0.25, 0.3) is 5.91 Å². The average Bonchev–Trinajstić information content (AvgIpc) is 3.02. The van der Waals surface area contributed by atoms with Crippen LogP contribution < -0.4 is 14.4 Å². The van der Waals surface area contributed by atoms with Crippen LogP contribution in [0.25, 0.3) is 0 Å². The van der Waals surface area contributed by atoms with Crippen molar-refractivity contribution in [1.82, 2.24) is 29.7 Å². The molecule has 3 radical (unpaired) electrons. The molecule has 10 nitrogen and oxygen atoms in total. The van der Waals surface area contributed by atoms with Gasteiger partial charge in [-0.3, -0.25) is 4.79 Å². The van der Waals surface area contributed by atoms with Crippen LogP contribution in [0.1, 0.15) is 74.1 Å². The molecule has 1 saturated carbocycles. The Morgan fingerprint density at radius 2 is 1.94 bits per heavy atom. The summed E-state index contributed by atoms with van der Waals surface area (Å²) in [5.74, 6) is 1.65. The Morgan fingerprint density at radius 3 is 2.65 bits per heavy atom. The van der Waals surface area contributed by atoms with Crippen LogP contribution in [-0.4, -0.2) is 124 Å². The van der Waals surface area contributed by atoms with Gasteiger partial charge in [0.2, 0.25) is 0 Å². The van der Waals surface area contributed by atoms with Gasteiger partial charge in [0.1, 0.15) is 17.9 Å². The van der Waals surface area contributed by atoms with E-state index in [1.165, 1.54) is 35.8 Å². The molecule has 1 atom stereocenters. The first-order valence-electron chi connectivity index (χ1n) is 17.1. The molecule has 0 N–H and O–H groups in total. The number of carbonyl (C=O) groups excluding carboxylic acids is 1. The number of hydrogen-bond donors (Lipinski definition) is 0. The minimum Gasteiger partial charge on any atom is -0.0448 e. The van der Waals surface area contributed by atoms with E-state index in [0.717, 1.165) is 93.9 Å². The third kappa shape index (κ3) is 7.33. The molecule has 4 heterocycles. The molecule has 3 aromatic rings. The van der Waals surface area contributed by atoms with Crippen molar-refractivity contribution in [3.8, 4) is 17.2 Å². The second-order valence-corrected chi connectivity index (χ2v) is 15.2. The number of pyridine rings is 1. The van der Waals surface area contributed by atoms with E-state index < -0.39 is 5.82 Å². The van der Waals surface area contributed by atoms with E-state index in [9.17, 15) is 9.18 Å². The molecule has 0 bridgehead atoms. The minimum atomic E-state index is -0.488. The Labute approximate surface area is 299 Å². The number of amides is 1. The molecule has 2 aliphatic heterocycles. The molecular weight excluding hydrogens is 805 g/mol. The van der Waals surface area contributed by atoms with Crippen molar-refractivity contribution >= 4 is 37.5 Å². The largest absolute Gasteiger partial charge is 0.0448 e. The van der Waals surface area contributed by atoms with Gasteiger partial charge in [0.15, 0.2) is 5.75 Å². The Morgan fingerprint density at radius 1 is 1.15 bits per heavy atom. The number of aromatic nitrogens is 3. The smallest absolute Gasteiger partial charge is 0.0263 e. The number of fused-ring (bicyclic) bond motifs is 1. The monoisotopic (exact) mass is 852 g/mol. The molecule has 12 heteroatoms. The van der Waals surface area contributed by atoms with Crippen molar-refractivity contribution in [2.24, 2.45) is 5.41 Å². The van der Waals surface area contributed by atoms with Gasteiger partial charge < -0.3 is 9.64 Å².